The van der Waals surface area contributed by atoms with E-state index in [1.165, 1.54) is 0 Å². The molecule has 2 aromatic rings. The van der Waals surface area contributed by atoms with E-state index in [0.29, 0.717) is 38.4 Å². The summed E-state index contributed by atoms with van der Waals surface area (Å²) in [5.41, 5.74) is 1.67. The summed E-state index contributed by atoms with van der Waals surface area (Å²) < 4.78 is 7.13. The van der Waals surface area contributed by atoms with Gasteiger partial charge in [0.2, 0.25) is 0 Å². The minimum absolute atomic E-state index is 0.125. The zero-order valence-electron chi connectivity index (χ0n) is 19.6. The van der Waals surface area contributed by atoms with E-state index < -0.39 is 12.1 Å². The number of nitriles is 1. The number of carboxylic acid groups (broad SMARTS) is 1. The Balaban J connectivity index is 1.93. The number of unbranched alkanes of at least 4 members (excludes halogenated alkanes) is 1. The average Bonchev–Trinajstić information content (AvgIpc) is 3.18. The molecular formula is C24H33N5O4. The first-order valence-corrected chi connectivity index (χ1v) is 11.5. The number of likely N-dealkylation sites (tertiary alicyclic amines) is 1. The van der Waals surface area contributed by atoms with Crippen molar-refractivity contribution >= 4 is 23.0 Å². The summed E-state index contributed by atoms with van der Waals surface area (Å²) in [4.78, 5) is 33.2. The molecule has 1 fully saturated rings. The van der Waals surface area contributed by atoms with Crippen LogP contribution in [0, 0.1) is 17.2 Å². The highest BCUT2D eigenvalue weighted by molar-refractivity contribution is 5.95. The highest BCUT2D eigenvalue weighted by Gasteiger charge is 2.37. The molecule has 2 amide bonds. The number of piperidine rings is 1. The summed E-state index contributed by atoms with van der Waals surface area (Å²) in [6, 6.07) is 8.79. The van der Waals surface area contributed by atoms with E-state index in [2.05, 4.69) is 11.1 Å². The van der Waals surface area contributed by atoms with Crippen LogP contribution in [0.1, 0.15) is 50.1 Å². The van der Waals surface area contributed by atoms with Crippen molar-refractivity contribution < 1.29 is 19.4 Å². The number of fused-ring (bicyclic) bond motifs is 1. The lowest BCUT2D eigenvalue weighted by Crippen LogP contribution is -2.55. The molecule has 0 spiro atoms. The van der Waals surface area contributed by atoms with Crippen LogP contribution in [0.15, 0.2) is 24.3 Å². The number of para-hydroxylation sites is 2. The van der Waals surface area contributed by atoms with Gasteiger partial charge in [-0.1, -0.05) is 26.0 Å². The Morgan fingerprint density at radius 3 is 2.73 bits per heavy atom. The maximum absolute atomic E-state index is 13.9. The Bertz CT molecular complexity index is 1010. The lowest BCUT2D eigenvalue weighted by Gasteiger charge is -2.40. The van der Waals surface area contributed by atoms with Crippen molar-refractivity contribution in [1.29, 1.82) is 5.26 Å². The second-order valence-electron chi connectivity index (χ2n) is 8.94. The number of carbonyl (C=O) groups is 2. The summed E-state index contributed by atoms with van der Waals surface area (Å²) in [7, 11) is 1.67. The van der Waals surface area contributed by atoms with Gasteiger partial charge in [0.05, 0.1) is 23.1 Å². The highest BCUT2D eigenvalue weighted by Crippen LogP contribution is 2.25. The molecule has 2 unspecified atom stereocenters. The third-order valence-corrected chi connectivity index (χ3v) is 6.04. The molecule has 0 saturated carbocycles. The lowest BCUT2D eigenvalue weighted by atomic mass is 9.97. The summed E-state index contributed by atoms with van der Waals surface area (Å²) in [5.74, 6) is 0.372. The fourth-order valence-corrected chi connectivity index (χ4v) is 4.45. The average molecular weight is 456 g/mol. The molecule has 2 atom stereocenters. The first kappa shape index (κ1) is 24.5. The maximum Gasteiger partial charge on any atom is 0.408 e. The van der Waals surface area contributed by atoms with Gasteiger partial charge in [-0.25, -0.2) is 9.78 Å². The predicted octanol–water partition coefficient (Wildman–Crippen LogP) is 3.60. The molecule has 1 N–H and O–H groups in total. The molecule has 33 heavy (non-hydrogen) atoms. The second kappa shape index (κ2) is 11.1. The second-order valence-corrected chi connectivity index (χ2v) is 8.94. The normalized spacial score (nSPS) is 18.5. The molecule has 1 aliphatic heterocycles. The molecule has 0 radical (unpaired) electrons. The van der Waals surface area contributed by atoms with Crippen LogP contribution in [-0.2, 0) is 11.3 Å². The molecule has 9 heteroatoms. The van der Waals surface area contributed by atoms with E-state index in [0.717, 1.165) is 28.8 Å². The Morgan fingerprint density at radius 2 is 2.06 bits per heavy atom. The lowest BCUT2D eigenvalue weighted by molar-refractivity contribution is 0.0438. The number of ether oxygens (including phenoxy) is 1. The molecule has 1 aliphatic rings. The summed E-state index contributed by atoms with van der Waals surface area (Å²) in [5, 5.41) is 18.9. The standard InChI is InChI=1S/C24H33N5O4/c1-17(2)15-28(19-11-10-18(14-25)29(16-19)24(31)32)23(30)22-26-20-8-4-5-9-21(20)27(22)12-6-7-13-33-3/h4-5,8-9,17-19H,6-7,10-13,15-16H2,1-3H3,(H,31,32). The number of hydrogen-bond donors (Lipinski definition) is 1. The van der Waals surface area contributed by atoms with Crippen molar-refractivity contribution in [2.24, 2.45) is 5.92 Å². The van der Waals surface area contributed by atoms with Gasteiger partial charge >= 0.3 is 6.09 Å². The van der Waals surface area contributed by atoms with Crippen LogP contribution in [0.2, 0.25) is 0 Å². The third kappa shape index (κ3) is 5.63. The molecule has 3 rings (SSSR count). The number of carbonyl (C=O) groups excluding carboxylic acids is 1. The molecular weight excluding hydrogens is 422 g/mol. The first-order chi connectivity index (χ1) is 15.9. The fraction of sp³-hybridized carbons (Fsp3) is 0.583. The third-order valence-electron chi connectivity index (χ3n) is 6.04. The van der Waals surface area contributed by atoms with E-state index in [1.807, 2.05) is 42.7 Å². The van der Waals surface area contributed by atoms with Gasteiger partial charge in [0.15, 0.2) is 5.82 Å². The zero-order chi connectivity index (χ0) is 24.0. The summed E-state index contributed by atoms with van der Waals surface area (Å²) >= 11 is 0. The van der Waals surface area contributed by atoms with E-state index in [4.69, 9.17) is 4.74 Å². The smallest absolute Gasteiger partial charge is 0.408 e. The van der Waals surface area contributed by atoms with Gasteiger partial charge in [-0.3, -0.25) is 9.69 Å². The SMILES string of the molecule is COCCCCn1c(C(=O)N(CC(C)C)C2CCC(C#N)N(C(=O)O)C2)nc2ccccc21. The number of rotatable bonds is 9. The summed E-state index contributed by atoms with van der Waals surface area (Å²) in [6.45, 7) is 5.97. The van der Waals surface area contributed by atoms with Crippen LogP contribution in [0.4, 0.5) is 4.79 Å². The van der Waals surface area contributed by atoms with Crippen molar-refractivity contribution in [3.05, 3.63) is 30.1 Å². The topological polar surface area (TPSA) is 112 Å². The van der Waals surface area contributed by atoms with Crippen LogP contribution in [0.5, 0.6) is 0 Å². The molecule has 1 aromatic heterocycles. The predicted molar refractivity (Wildman–Crippen MR) is 124 cm³/mol. The highest BCUT2D eigenvalue weighted by atomic mass is 16.5. The quantitative estimate of drug-likeness (QED) is 0.578. The van der Waals surface area contributed by atoms with Crippen LogP contribution in [-0.4, -0.2) is 75.3 Å². The fourth-order valence-electron chi connectivity index (χ4n) is 4.45. The van der Waals surface area contributed by atoms with Gasteiger partial charge in [-0.05, 0) is 43.7 Å². The van der Waals surface area contributed by atoms with Gasteiger partial charge in [0, 0.05) is 33.4 Å². The Hall–Kier alpha value is -3.12. The van der Waals surface area contributed by atoms with Gasteiger partial charge in [0.25, 0.3) is 5.91 Å². The van der Waals surface area contributed by atoms with E-state index in [-0.39, 0.29) is 24.4 Å². The van der Waals surface area contributed by atoms with Gasteiger partial charge in [-0.2, -0.15) is 5.26 Å². The van der Waals surface area contributed by atoms with Crippen LogP contribution >= 0.6 is 0 Å². The first-order valence-electron chi connectivity index (χ1n) is 11.5. The molecule has 1 aromatic carbocycles. The van der Waals surface area contributed by atoms with Gasteiger partial charge < -0.3 is 19.3 Å². The van der Waals surface area contributed by atoms with Gasteiger partial charge in [0.1, 0.15) is 6.04 Å². The number of imidazole rings is 1. The minimum atomic E-state index is -1.13. The number of methoxy groups -OCH3 is 1. The largest absolute Gasteiger partial charge is 0.465 e. The van der Waals surface area contributed by atoms with E-state index >= 15 is 0 Å². The number of nitrogens with zero attached hydrogens (tertiary/aromatic N) is 5. The van der Waals surface area contributed by atoms with Crippen LogP contribution in [0.25, 0.3) is 11.0 Å². The molecule has 0 aliphatic carbocycles. The molecule has 2 heterocycles. The Morgan fingerprint density at radius 1 is 1.30 bits per heavy atom. The summed E-state index contributed by atoms with van der Waals surface area (Å²) in [6.07, 6.45) is 1.57. The van der Waals surface area contributed by atoms with E-state index in [1.54, 1.807) is 12.0 Å². The Kier molecular flexibility index (Phi) is 8.28. The molecule has 0 bridgehead atoms. The monoisotopic (exact) mass is 455 g/mol. The van der Waals surface area contributed by atoms with Crippen molar-refractivity contribution in [2.75, 3.05) is 26.8 Å². The molecule has 178 valence electrons. The minimum Gasteiger partial charge on any atom is -0.465 e. The van der Waals surface area contributed by atoms with Crippen molar-refractivity contribution in [3.63, 3.8) is 0 Å². The number of amides is 2. The van der Waals surface area contributed by atoms with Gasteiger partial charge in [-0.15, -0.1) is 0 Å². The maximum atomic E-state index is 13.9. The Labute approximate surface area is 194 Å². The van der Waals surface area contributed by atoms with Crippen LogP contribution < -0.4 is 0 Å². The molecule has 1 saturated heterocycles. The molecule has 9 nitrogen and oxygen atoms in total. The van der Waals surface area contributed by atoms with Crippen molar-refractivity contribution in [3.8, 4) is 6.07 Å². The van der Waals surface area contributed by atoms with E-state index in [9.17, 15) is 20.0 Å². The number of aromatic nitrogens is 2. The number of benzene rings is 1. The van der Waals surface area contributed by atoms with Crippen LogP contribution in [0.3, 0.4) is 0 Å². The zero-order valence-corrected chi connectivity index (χ0v) is 19.6. The number of aryl methyl sites for hydroxylation is 1. The van der Waals surface area contributed by atoms with Crippen molar-refractivity contribution in [1.82, 2.24) is 19.4 Å². The number of hydrogen-bond acceptors (Lipinski definition) is 5. The van der Waals surface area contributed by atoms with Crippen molar-refractivity contribution in [2.45, 2.75) is 58.2 Å².